The number of hydrogen-bond donors (Lipinski definition) is 2. The molecular formula is C21H20N4O4S2. The van der Waals surface area contributed by atoms with E-state index in [4.69, 9.17) is 9.88 Å². The van der Waals surface area contributed by atoms with Gasteiger partial charge in [0.25, 0.3) is 0 Å². The molecule has 0 aliphatic rings. The molecule has 0 radical (unpaired) electrons. The van der Waals surface area contributed by atoms with Crippen molar-refractivity contribution in [2.24, 2.45) is 5.14 Å². The first-order chi connectivity index (χ1) is 14.5. The molecule has 2 aromatic carbocycles. The summed E-state index contributed by atoms with van der Waals surface area (Å²) in [4.78, 5) is 21.8. The van der Waals surface area contributed by atoms with Gasteiger partial charge in [-0.3, -0.25) is 0 Å². The fourth-order valence-corrected chi connectivity index (χ4v) is 4.48. The van der Waals surface area contributed by atoms with Gasteiger partial charge in [-0.05, 0) is 57.2 Å². The van der Waals surface area contributed by atoms with Crippen LogP contribution in [0.25, 0.3) is 21.0 Å². The van der Waals surface area contributed by atoms with Crippen LogP contribution in [0.1, 0.15) is 30.4 Å². The number of fused-ring (bicyclic) bond motifs is 3. The lowest BCUT2D eigenvalue weighted by Gasteiger charge is -2.18. The van der Waals surface area contributed by atoms with E-state index in [9.17, 15) is 13.2 Å². The Balaban J connectivity index is 1.73. The number of nitrogens with one attached hydrogen (secondary N) is 1. The van der Waals surface area contributed by atoms with E-state index in [1.165, 1.54) is 23.5 Å². The summed E-state index contributed by atoms with van der Waals surface area (Å²) in [6, 6.07) is 11.7. The van der Waals surface area contributed by atoms with E-state index in [-0.39, 0.29) is 16.8 Å². The summed E-state index contributed by atoms with van der Waals surface area (Å²) in [6.45, 7) is 5.47. The fraction of sp³-hybridized carbons (Fsp3) is 0.190. The number of rotatable bonds is 4. The van der Waals surface area contributed by atoms with Crippen molar-refractivity contribution in [1.82, 2.24) is 9.97 Å². The van der Waals surface area contributed by atoms with Crippen molar-refractivity contribution in [3.05, 3.63) is 53.5 Å². The number of hydrogen-bond acceptors (Lipinski definition) is 8. The number of nitrogens with two attached hydrogens (primary N) is 1. The highest BCUT2D eigenvalue weighted by Gasteiger charge is 2.20. The third-order valence-electron chi connectivity index (χ3n) is 4.27. The van der Waals surface area contributed by atoms with E-state index in [2.05, 4.69) is 15.3 Å². The number of esters is 1. The van der Waals surface area contributed by atoms with Crippen LogP contribution in [-0.2, 0) is 14.8 Å². The van der Waals surface area contributed by atoms with Crippen LogP contribution in [0.2, 0.25) is 0 Å². The molecule has 8 nitrogen and oxygen atoms in total. The molecule has 4 aromatic rings. The highest BCUT2D eigenvalue weighted by atomic mass is 32.2. The zero-order valence-electron chi connectivity index (χ0n) is 17.0. The number of thiophene rings is 1. The molecule has 0 aliphatic heterocycles. The van der Waals surface area contributed by atoms with E-state index in [0.717, 1.165) is 15.5 Å². The number of carbonyl (C=O) groups excluding carboxylic acids is 1. The third-order valence-corrected chi connectivity index (χ3v) is 6.26. The maximum atomic E-state index is 12.5. The second-order valence-corrected chi connectivity index (χ2v) is 10.6. The van der Waals surface area contributed by atoms with Crippen molar-refractivity contribution in [1.29, 1.82) is 0 Å². The largest absolute Gasteiger partial charge is 0.456 e. The normalized spacial score (nSPS) is 12.3. The minimum absolute atomic E-state index is 0.0134. The van der Waals surface area contributed by atoms with Crippen LogP contribution >= 0.6 is 11.3 Å². The topological polar surface area (TPSA) is 124 Å². The van der Waals surface area contributed by atoms with Crippen LogP contribution in [0.5, 0.6) is 0 Å². The summed E-state index contributed by atoms with van der Waals surface area (Å²) in [6.07, 6.45) is 1.67. The van der Waals surface area contributed by atoms with Gasteiger partial charge in [0.05, 0.1) is 10.4 Å². The number of sulfonamides is 1. The van der Waals surface area contributed by atoms with Gasteiger partial charge in [-0.25, -0.2) is 28.3 Å². The Labute approximate surface area is 183 Å². The van der Waals surface area contributed by atoms with Crippen molar-refractivity contribution in [3.63, 3.8) is 0 Å². The van der Waals surface area contributed by atoms with Crippen molar-refractivity contribution in [2.45, 2.75) is 31.3 Å². The quantitative estimate of drug-likeness (QED) is 0.441. The highest BCUT2D eigenvalue weighted by molar-refractivity contribution is 7.89. The number of ether oxygens (including phenoxy) is 1. The summed E-state index contributed by atoms with van der Waals surface area (Å²) >= 11 is 1.34. The molecule has 0 saturated heterocycles. The van der Waals surface area contributed by atoms with Crippen LogP contribution in [0.15, 0.2) is 53.6 Å². The summed E-state index contributed by atoms with van der Waals surface area (Å²) in [5.41, 5.74) is 0.571. The molecule has 0 amide bonds. The number of anilines is 2. The molecule has 160 valence electrons. The van der Waals surface area contributed by atoms with Crippen LogP contribution in [0, 0.1) is 0 Å². The zero-order chi connectivity index (χ0) is 22.4. The van der Waals surface area contributed by atoms with Crippen LogP contribution < -0.4 is 10.5 Å². The second kappa shape index (κ2) is 7.56. The van der Waals surface area contributed by atoms with Gasteiger partial charge < -0.3 is 10.1 Å². The molecule has 3 N–H and O–H groups in total. The fourth-order valence-electron chi connectivity index (χ4n) is 2.98. The molecular weight excluding hydrogens is 436 g/mol. The number of primary sulfonamides is 1. The first-order valence-corrected chi connectivity index (χ1v) is 11.7. The molecule has 4 rings (SSSR count). The Hall–Kier alpha value is -3.08. The summed E-state index contributed by atoms with van der Waals surface area (Å²) in [7, 11) is -3.82. The monoisotopic (exact) mass is 456 g/mol. The summed E-state index contributed by atoms with van der Waals surface area (Å²) in [5.74, 6) is -0.0920. The van der Waals surface area contributed by atoms with E-state index in [0.29, 0.717) is 16.1 Å². The lowest BCUT2D eigenvalue weighted by Crippen LogP contribution is -2.23. The highest BCUT2D eigenvalue weighted by Crippen LogP contribution is 2.32. The molecule has 2 aromatic heterocycles. The summed E-state index contributed by atoms with van der Waals surface area (Å²) in [5, 5.41) is 9.82. The predicted octanol–water partition coefficient (Wildman–Crippen LogP) is 4.19. The predicted molar refractivity (Wildman–Crippen MR) is 121 cm³/mol. The van der Waals surface area contributed by atoms with Crippen molar-refractivity contribution in [3.8, 4) is 0 Å². The lowest BCUT2D eigenvalue weighted by atomic mass is 10.1. The lowest BCUT2D eigenvalue weighted by molar-refractivity contribution is 0.00753. The number of carbonyl (C=O) groups is 1. The maximum absolute atomic E-state index is 12.5. The van der Waals surface area contributed by atoms with Crippen LogP contribution in [-0.4, -0.2) is 30.0 Å². The Kier molecular flexibility index (Phi) is 5.16. The maximum Gasteiger partial charge on any atom is 0.348 e. The SMILES string of the molecule is CC(C)(C)OC(=O)c1cc2c(ccc3cnc(Nc4cccc(S(N)(=O)=O)c4)nc32)s1. The van der Waals surface area contributed by atoms with Crippen molar-refractivity contribution < 1.29 is 17.9 Å². The molecule has 10 heteroatoms. The Morgan fingerprint density at radius 1 is 1.16 bits per heavy atom. The smallest absolute Gasteiger partial charge is 0.348 e. The first-order valence-electron chi connectivity index (χ1n) is 9.32. The summed E-state index contributed by atoms with van der Waals surface area (Å²) < 4.78 is 29.5. The van der Waals surface area contributed by atoms with E-state index < -0.39 is 15.6 Å². The molecule has 0 unspecified atom stereocenters. The van der Waals surface area contributed by atoms with Gasteiger partial charge in [-0.1, -0.05) is 6.07 Å². The van der Waals surface area contributed by atoms with Gasteiger partial charge in [-0.15, -0.1) is 11.3 Å². The average molecular weight is 457 g/mol. The Bertz CT molecular complexity index is 1420. The van der Waals surface area contributed by atoms with Crippen LogP contribution in [0.3, 0.4) is 0 Å². The first kappa shape index (κ1) is 21.2. The van der Waals surface area contributed by atoms with Crippen LogP contribution in [0.4, 0.5) is 11.6 Å². The zero-order valence-corrected chi connectivity index (χ0v) is 18.7. The van der Waals surface area contributed by atoms with Crippen molar-refractivity contribution >= 4 is 60.0 Å². The Morgan fingerprint density at radius 3 is 2.65 bits per heavy atom. The molecule has 0 atom stereocenters. The van der Waals surface area contributed by atoms with Gasteiger partial charge in [0, 0.05) is 27.4 Å². The molecule has 0 aliphatic carbocycles. The minimum Gasteiger partial charge on any atom is -0.456 e. The number of benzene rings is 2. The van der Waals surface area contributed by atoms with Gasteiger partial charge in [0.1, 0.15) is 10.5 Å². The molecule has 0 fully saturated rings. The number of nitrogens with zero attached hydrogens (tertiary/aromatic N) is 2. The number of aromatic nitrogens is 2. The van der Waals surface area contributed by atoms with Crippen molar-refractivity contribution in [2.75, 3.05) is 5.32 Å². The third kappa shape index (κ3) is 4.66. The van der Waals surface area contributed by atoms with Gasteiger partial charge in [0.15, 0.2) is 0 Å². The molecule has 0 bridgehead atoms. The van der Waals surface area contributed by atoms with Gasteiger partial charge >= 0.3 is 5.97 Å². The molecule has 0 spiro atoms. The second-order valence-electron chi connectivity index (χ2n) is 7.92. The van der Waals surface area contributed by atoms with Gasteiger partial charge in [-0.2, -0.15) is 0 Å². The minimum atomic E-state index is -3.82. The molecule has 2 heterocycles. The van der Waals surface area contributed by atoms with E-state index in [1.54, 1.807) is 24.4 Å². The van der Waals surface area contributed by atoms with E-state index >= 15 is 0 Å². The standard InChI is InChI=1S/C21H20N4O4S2/c1-21(2,3)29-19(26)17-10-15-16(30-17)8-7-12-11-23-20(25-18(12)15)24-13-5-4-6-14(9-13)31(22,27)28/h4-11H,1-3H3,(H2,22,27,28)(H,23,24,25). The van der Waals surface area contributed by atoms with Gasteiger partial charge in [0.2, 0.25) is 16.0 Å². The van der Waals surface area contributed by atoms with E-state index in [1.807, 2.05) is 32.9 Å². The molecule has 31 heavy (non-hydrogen) atoms. The molecule has 0 saturated carbocycles. The Morgan fingerprint density at radius 2 is 1.94 bits per heavy atom. The average Bonchev–Trinajstić information content (AvgIpc) is 3.11.